The van der Waals surface area contributed by atoms with E-state index >= 15 is 0 Å². The monoisotopic (exact) mass is 310 g/mol. The maximum absolute atomic E-state index is 12.0. The first kappa shape index (κ1) is 13.6. The summed E-state index contributed by atoms with van der Waals surface area (Å²) in [5, 5.41) is 14.9. The Bertz CT molecular complexity index is 606. The third-order valence-corrected chi connectivity index (χ3v) is 4.98. The summed E-state index contributed by atoms with van der Waals surface area (Å²) in [4.78, 5) is 12.0. The molecule has 0 bridgehead atoms. The summed E-state index contributed by atoms with van der Waals surface area (Å²) in [6.45, 7) is 2.11. The summed E-state index contributed by atoms with van der Waals surface area (Å²) in [5.74, 6) is 1.94. The van der Waals surface area contributed by atoms with Crippen molar-refractivity contribution in [2.45, 2.75) is 36.4 Å². The molecule has 1 aliphatic carbocycles. The summed E-state index contributed by atoms with van der Waals surface area (Å²) in [6, 6.07) is 1.71. The van der Waals surface area contributed by atoms with Crippen molar-refractivity contribution in [1.29, 1.82) is 0 Å². The van der Waals surface area contributed by atoms with Gasteiger partial charge in [-0.1, -0.05) is 35.2 Å². The van der Waals surface area contributed by atoms with Gasteiger partial charge in [-0.05, 0) is 19.3 Å². The van der Waals surface area contributed by atoms with E-state index in [9.17, 15) is 4.79 Å². The molecule has 1 N–H and O–H groups in total. The number of hydrogen-bond acceptors (Lipinski definition) is 7. The molecule has 0 radical (unpaired) electrons. The summed E-state index contributed by atoms with van der Waals surface area (Å²) < 4.78 is 6.02. The van der Waals surface area contributed by atoms with Crippen LogP contribution in [0.1, 0.15) is 48.4 Å². The third-order valence-electron chi connectivity index (χ3n) is 2.80. The molecule has 0 saturated heterocycles. The number of carbonyl (C=O) groups is 1. The molecule has 106 valence electrons. The van der Waals surface area contributed by atoms with Crippen LogP contribution < -0.4 is 5.32 Å². The topological polar surface area (TPSA) is 80.9 Å². The molecule has 1 fully saturated rings. The number of rotatable bonds is 6. The molecule has 8 heteroatoms. The second-order valence-corrected chi connectivity index (χ2v) is 6.88. The molecule has 2 aromatic rings. The van der Waals surface area contributed by atoms with Crippen molar-refractivity contribution in [1.82, 2.24) is 15.4 Å². The Labute approximate surface area is 124 Å². The van der Waals surface area contributed by atoms with E-state index in [2.05, 4.69) is 27.6 Å². The predicted molar refractivity (Wildman–Crippen MR) is 77.4 cm³/mol. The van der Waals surface area contributed by atoms with Crippen LogP contribution in [0, 0.1) is 0 Å². The van der Waals surface area contributed by atoms with Gasteiger partial charge in [0, 0.05) is 17.7 Å². The van der Waals surface area contributed by atoms with Crippen molar-refractivity contribution in [3.8, 4) is 0 Å². The van der Waals surface area contributed by atoms with Gasteiger partial charge in [0.05, 0.1) is 0 Å². The summed E-state index contributed by atoms with van der Waals surface area (Å²) in [7, 11) is 0. The van der Waals surface area contributed by atoms with Gasteiger partial charge in [0.1, 0.15) is 5.76 Å². The molecule has 0 atom stereocenters. The highest BCUT2D eigenvalue weighted by Crippen LogP contribution is 2.40. The van der Waals surface area contributed by atoms with E-state index in [-0.39, 0.29) is 5.91 Å². The fraction of sp³-hybridized carbons (Fsp3) is 0.500. The first-order valence-electron chi connectivity index (χ1n) is 6.50. The minimum atomic E-state index is -0.302. The molecular weight excluding hydrogens is 296 g/mol. The molecule has 0 spiro atoms. The van der Waals surface area contributed by atoms with E-state index in [1.54, 1.807) is 17.8 Å². The van der Waals surface area contributed by atoms with Gasteiger partial charge in [0.25, 0.3) is 5.91 Å². The van der Waals surface area contributed by atoms with E-state index in [1.807, 2.05) is 0 Å². The van der Waals surface area contributed by atoms with E-state index < -0.39 is 0 Å². The lowest BCUT2D eigenvalue weighted by Gasteiger charge is -1.94. The fourth-order valence-electron chi connectivity index (χ4n) is 1.63. The average Bonchev–Trinajstić information content (AvgIpc) is 3.01. The molecule has 1 amide bonds. The zero-order valence-corrected chi connectivity index (χ0v) is 12.6. The zero-order chi connectivity index (χ0) is 13.9. The van der Waals surface area contributed by atoms with Crippen molar-refractivity contribution >= 4 is 34.1 Å². The lowest BCUT2D eigenvalue weighted by Crippen LogP contribution is -2.11. The Balaban J connectivity index is 1.60. The summed E-state index contributed by atoms with van der Waals surface area (Å²) in [6.07, 6.45) is 3.31. The van der Waals surface area contributed by atoms with Crippen LogP contribution in [0.2, 0.25) is 0 Å². The third kappa shape index (κ3) is 3.18. The minimum Gasteiger partial charge on any atom is -0.360 e. The molecule has 0 unspecified atom stereocenters. The minimum absolute atomic E-state index is 0.296. The van der Waals surface area contributed by atoms with Crippen LogP contribution in [0.15, 0.2) is 14.9 Å². The van der Waals surface area contributed by atoms with Crippen LogP contribution >= 0.6 is 23.1 Å². The average molecular weight is 310 g/mol. The Morgan fingerprint density at radius 1 is 1.55 bits per heavy atom. The molecule has 6 nitrogen and oxygen atoms in total. The van der Waals surface area contributed by atoms with Gasteiger partial charge < -0.3 is 4.52 Å². The maximum Gasteiger partial charge on any atom is 0.279 e. The van der Waals surface area contributed by atoms with Crippen LogP contribution in [0.5, 0.6) is 0 Å². The highest BCUT2D eigenvalue weighted by Gasteiger charge is 2.29. The Hall–Kier alpha value is -1.41. The highest BCUT2D eigenvalue weighted by molar-refractivity contribution is 8.01. The lowest BCUT2D eigenvalue weighted by molar-refractivity contribution is 0.101. The van der Waals surface area contributed by atoms with E-state index in [1.165, 1.54) is 11.3 Å². The zero-order valence-electron chi connectivity index (χ0n) is 11.0. The van der Waals surface area contributed by atoms with Gasteiger partial charge in [-0.15, -0.1) is 10.2 Å². The van der Waals surface area contributed by atoms with E-state index in [0.29, 0.717) is 16.7 Å². The summed E-state index contributed by atoms with van der Waals surface area (Å²) in [5.41, 5.74) is 0.296. The number of carbonyl (C=O) groups excluding carboxylic acids is 1. The van der Waals surface area contributed by atoms with Gasteiger partial charge in [0.15, 0.2) is 10.0 Å². The first-order valence-corrected chi connectivity index (χ1v) is 8.30. The number of anilines is 1. The number of amides is 1. The second-order valence-electron chi connectivity index (χ2n) is 4.56. The van der Waals surface area contributed by atoms with Crippen molar-refractivity contribution in [3.63, 3.8) is 0 Å². The predicted octanol–water partition coefficient (Wildman–Crippen LogP) is 3.16. The molecule has 1 saturated carbocycles. The van der Waals surface area contributed by atoms with Crippen molar-refractivity contribution in [3.05, 3.63) is 17.5 Å². The Morgan fingerprint density at radius 3 is 3.15 bits per heavy atom. The standard InChI is InChI=1S/C12H14N4O2S2/c1-2-5-19-12-15-14-11(20-12)13-10(17)8-6-9(18-16-8)7-3-4-7/h6-7H,2-5H2,1H3,(H,13,14,17). The number of aromatic nitrogens is 3. The van der Waals surface area contributed by atoms with Crippen molar-refractivity contribution in [2.75, 3.05) is 11.1 Å². The molecule has 2 heterocycles. The van der Waals surface area contributed by atoms with Gasteiger partial charge in [0.2, 0.25) is 5.13 Å². The largest absolute Gasteiger partial charge is 0.360 e. The smallest absolute Gasteiger partial charge is 0.279 e. The number of thioether (sulfide) groups is 1. The fourth-order valence-corrected chi connectivity index (χ4v) is 3.30. The van der Waals surface area contributed by atoms with Gasteiger partial charge >= 0.3 is 0 Å². The van der Waals surface area contributed by atoms with Crippen molar-refractivity contribution in [2.24, 2.45) is 0 Å². The molecule has 3 rings (SSSR count). The lowest BCUT2D eigenvalue weighted by atomic mass is 10.3. The van der Waals surface area contributed by atoms with Crippen LogP contribution in [-0.2, 0) is 0 Å². The Morgan fingerprint density at radius 2 is 2.40 bits per heavy atom. The number of nitrogens with zero attached hydrogens (tertiary/aromatic N) is 3. The quantitative estimate of drug-likeness (QED) is 0.652. The van der Waals surface area contributed by atoms with Gasteiger partial charge in [-0.2, -0.15) is 0 Å². The van der Waals surface area contributed by atoms with Crippen LogP contribution in [0.4, 0.5) is 5.13 Å². The molecule has 0 aliphatic heterocycles. The van der Waals surface area contributed by atoms with Crippen molar-refractivity contribution < 1.29 is 9.32 Å². The van der Waals surface area contributed by atoms with E-state index in [0.717, 1.165) is 35.1 Å². The molecule has 2 aromatic heterocycles. The van der Waals surface area contributed by atoms with Gasteiger partial charge in [-0.3, -0.25) is 10.1 Å². The van der Waals surface area contributed by atoms with Gasteiger partial charge in [-0.25, -0.2) is 0 Å². The SMILES string of the molecule is CCCSc1nnc(NC(=O)c2cc(C3CC3)on2)s1. The van der Waals surface area contributed by atoms with Crippen LogP contribution in [0.25, 0.3) is 0 Å². The Kier molecular flexibility index (Phi) is 4.02. The summed E-state index contributed by atoms with van der Waals surface area (Å²) >= 11 is 3.01. The molecular formula is C12H14N4O2S2. The van der Waals surface area contributed by atoms with Crippen LogP contribution in [0.3, 0.4) is 0 Å². The number of nitrogens with one attached hydrogen (secondary N) is 1. The maximum atomic E-state index is 12.0. The van der Waals surface area contributed by atoms with E-state index in [4.69, 9.17) is 4.52 Å². The molecule has 0 aromatic carbocycles. The number of hydrogen-bond donors (Lipinski definition) is 1. The molecule has 1 aliphatic rings. The first-order chi connectivity index (χ1) is 9.76. The van der Waals surface area contributed by atoms with Crippen LogP contribution in [-0.4, -0.2) is 27.0 Å². The normalized spacial score (nSPS) is 14.4. The molecule has 20 heavy (non-hydrogen) atoms. The highest BCUT2D eigenvalue weighted by atomic mass is 32.2. The second kappa shape index (κ2) is 5.92.